The Balaban J connectivity index is 2.42. The maximum Gasteiger partial charge on any atom is 0.441 e. The van der Waals surface area contributed by atoms with E-state index in [1.165, 1.54) is 0 Å². The Bertz CT molecular complexity index is 381. The Morgan fingerprint density at radius 1 is 1.20 bits per heavy atom. The lowest BCUT2D eigenvalue weighted by Gasteiger charge is -2.16. The lowest BCUT2D eigenvalue weighted by Crippen LogP contribution is -2.19. The fourth-order valence-electron chi connectivity index (χ4n) is 1.86. The number of ether oxygens (including phenoxy) is 1. The molecule has 1 aromatic carbocycles. The molecule has 1 rings (SSSR count). The van der Waals surface area contributed by atoms with Gasteiger partial charge in [-0.05, 0) is 42.4 Å². The zero-order valence-corrected chi connectivity index (χ0v) is 12.5. The summed E-state index contributed by atoms with van der Waals surface area (Å²) in [5.41, 5.74) is -3.03. The highest BCUT2D eigenvalue weighted by molar-refractivity contribution is 8.00. The summed E-state index contributed by atoms with van der Waals surface area (Å²) in [4.78, 5) is 0. The molecule has 1 aromatic rings. The van der Waals surface area contributed by atoms with Gasteiger partial charge >= 0.3 is 5.51 Å². The minimum Gasteiger partial charge on any atom is -0.493 e. The van der Waals surface area contributed by atoms with Crippen LogP contribution in [0.1, 0.15) is 31.9 Å². The van der Waals surface area contributed by atoms with Crippen molar-refractivity contribution >= 4 is 11.8 Å². The predicted molar refractivity (Wildman–Crippen MR) is 77.2 cm³/mol. The van der Waals surface area contributed by atoms with Crippen molar-refractivity contribution in [3.05, 3.63) is 29.8 Å². The zero-order valence-electron chi connectivity index (χ0n) is 11.7. The quantitative estimate of drug-likeness (QED) is 0.720. The van der Waals surface area contributed by atoms with Crippen molar-refractivity contribution in [3.8, 4) is 5.75 Å². The standard InChI is InChI=1S/C14H20F3NOS/c1-3-13(18-4-2)11-5-7-12(8-6-11)19-9-10-20-14(15,16)17/h5-8,13,18H,3-4,9-10H2,1-2H3. The molecule has 0 bridgehead atoms. The highest BCUT2D eigenvalue weighted by atomic mass is 32.2. The number of rotatable bonds is 8. The number of nitrogens with one attached hydrogen (secondary N) is 1. The molecule has 6 heteroatoms. The van der Waals surface area contributed by atoms with Crippen molar-refractivity contribution in [1.82, 2.24) is 5.32 Å². The third-order valence-corrected chi connectivity index (χ3v) is 3.46. The molecule has 0 aliphatic rings. The molecule has 0 fully saturated rings. The number of hydrogen-bond donors (Lipinski definition) is 1. The van der Waals surface area contributed by atoms with Crippen LogP contribution in [0.5, 0.6) is 5.75 Å². The van der Waals surface area contributed by atoms with Crippen LogP contribution in [-0.2, 0) is 0 Å². The first-order valence-electron chi connectivity index (χ1n) is 6.63. The van der Waals surface area contributed by atoms with Crippen LogP contribution < -0.4 is 10.1 Å². The van der Waals surface area contributed by atoms with Gasteiger partial charge in [0.2, 0.25) is 0 Å². The van der Waals surface area contributed by atoms with E-state index in [2.05, 4.69) is 19.2 Å². The van der Waals surface area contributed by atoms with Gasteiger partial charge < -0.3 is 10.1 Å². The van der Waals surface area contributed by atoms with Gasteiger partial charge in [-0.25, -0.2) is 0 Å². The van der Waals surface area contributed by atoms with Gasteiger partial charge in [-0.2, -0.15) is 13.2 Å². The molecule has 0 aliphatic heterocycles. The van der Waals surface area contributed by atoms with E-state index in [-0.39, 0.29) is 24.1 Å². The average Bonchev–Trinajstić information content (AvgIpc) is 2.41. The average molecular weight is 307 g/mol. The van der Waals surface area contributed by atoms with E-state index in [0.29, 0.717) is 11.8 Å². The van der Waals surface area contributed by atoms with Crippen LogP contribution in [-0.4, -0.2) is 24.4 Å². The van der Waals surface area contributed by atoms with Gasteiger partial charge in [-0.3, -0.25) is 0 Å². The monoisotopic (exact) mass is 307 g/mol. The smallest absolute Gasteiger partial charge is 0.441 e. The van der Waals surface area contributed by atoms with Crippen molar-refractivity contribution in [1.29, 1.82) is 0 Å². The Labute approximate surface area is 122 Å². The topological polar surface area (TPSA) is 21.3 Å². The molecule has 2 nitrogen and oxygen atoms in total. The van der Waals surface area contributed by atoms with Gasteiger partial charge in [0.1, 0.15) is 5.75 Å². The van der Waals surface area contributed by atoms with Gasteiger partial charge in [-0.15, -0.1) is 0 Å². The zero-order chi connectivity index (χ0) is 15.0. The lowest BCUT2D eigenvalue weighted by atomic mass is 10.0. The van der Waals surface area contributed by atoms with E-state index in [0.717, 1.165) is 18.5 Å². The third kappa shape index (κ3) is 6.52. The van der Waals surface area contributed by atoms with Gasteiger partial charge in [-0.1, -0.05) is 26.0 Å². The normalized spacial score (nSPS) is 13.2. The molecule has 20 heavy (non-hydrogen) atoms. The van der Waals surface area contributed by atoms with Crippen molar-refractivity contribution in [2.75, 3.05) is 18.9 Å². The molecule has 0 saturated carbocycles. The first-order chi connectivity index (χ1) is 9.46. The van der Waals surface area contributed by atoms with E-state index in [1.807, 2.05) is 12.1 Å². The second kappa shape index (κ2) is 8.42. The van der Waals surface area contributed by atoms with Gasteiger partial charge in [0.05, 0.1) is 6.61 Å². The first kappa shape index (κ1) is 17.2. The van der Waals surface area contributed by atoms with E-state index < -0.39 is 5.51 Å². The van der Waals surface area contributed by atoms with Crippen molar-refractivity contribution in [2.24, 2.45) is 0 Å². The van der Waals surface area contributed by atoms with E-state index in [9.17, 15) is 13.2 Å². The van der Waals surface area contributed by atoms with Crippen LogP contribution >= 0.6 is 11.8 Å². The molecule has 1 unspecified atom stereocenters. The fraction of sp³-hybridized carbons (Fsp3) is 0.571. The van der Waals surface area contributed by atoms with E-state index in [4.69, 9.17) is 4.74 Å². The van der Waals surface area contributed by atoms with Crippen LogP contribution in [0.15, 0.2) is 24.3 Å². The third-order valence-electron chi connectivity index (χ3n) is 2.76. The fourth-order valence-corrected chi connectivity index (χ4v) is 2.26. The van der Waals surface area contributed by atoms with Gasteiger partial charge in [0, 0.05) is 11.8 Å². The Morgan fingerprint density at radius 2 is 1.85 bits per heavy atom. The molecule has 1 atom stereocenters. The molecular formula is C14H20F3NOS. The Hall–Kier alpha value is -0.880. The number of benzene rings is 1. The van der Waals surface area contributed by atoms with Gasteiger partial charge in [0.15, 0.2) is 0 Å². The van der Waals surface area contributed by atoms with Crippen LogP contribution in [0.4, 0.5) is 13.2 Å². The molecule has 0 heterocycles. The minimum atomic E-state index is -4.19. The summed E-state index contributed by atoms with van der Waals surface area (Å²) < 4.78 is 41.1. The molecule has 114 valence electrons. The van der Waals surface area contributed by atoms with Crippen LogP contribution in [0, 0.1) is 0 Å². The number of hydrogen-bond acceptors (Lipinski definition) is 3. The predicted octanol–water partition coefficient (Wildman–Crippen LogP) is 4.38. The highest BCUT2D eigenvalue weighted by Crippen LogP contribution is 2.29. The maximum atomic E-state index is 11.9. The lowest BCUT2D eigenvalue weighted by molar-refractivity contribution is -0.0329. The summed E-state index contributed by atoms with van der Waals surface area (Å²) in [5.74, 6) is 0.503. The second-order valence-corrected chi connectivity index (χ2v) is 5.39. The second-order valence-electron chi connectivity index (χ2n) is 4.23. The molecule has 0 amide bonds. The van der Waals surface area contributed by atoms with E-state index in [1.54, 1.807) is 12.1 Å². The first-order valence-corrected chi connectivity index (χ1v) is 7.61. The summed E-state index contributed by atoms with van der Waals surface area (Å²) in [6.07, 6.45) is 0.982. The van der Waals surface area contributed by atoms with Crippen LogP contribution in [0.2, 0.25) is 0 Å². The van der Waals surface area contributed by atoms with Crippen molar-refractivity contribution in [2.45, 2.75) is 31.8 Å². The summed E-state index contributed by atoms with van der Waals surface area (Å²) >= 11 is -0.0639. The summed E-state index contributed by atoms with van der Waals surface area (Å²) in [5, 5.41) is 3.37. The maximum absolute atomic E-state index is 11.9. The molecule has 0 radical (unpaired) electrons. The molecule has 0 spiro atoms. The molecular weight excluding hydrogens is 287 g/mol. The van der Waals surface area contributed by atoms with Gasteiger partial charge in [0.25, 0.3) is 0 Å². The van der Waals surface area contributed by atoms with Crippen LogP contribution in [0.3, 0.4) is 0 Å². The number of alkyl halides is 3. The molecule has 0 aliphatic carbocycles. The Morgan fingerprint density at radius 3 is 2.35 bits per heavy atom. The summed E-state index contributed by atoms with van der Waals surface area (Å²) in [6.45, 7) is 5.10. The number of halogens is 3. The minimum absolute atomic E-state index is 0.0495. The molecule has 0 saturated heterocycles. The molecule has 1 N–H and O–H groups in total. The van der Waals surface area contributed by atoms with E-state index >= 15 is 0 Å². The van der Waals surface area contributed by atoms with Crippen molar-refractivity contribution < 1.29 is 17.9 Å². The largest absolute Gasteiger partial charge is 0.493 e. The molecule has 0 aromatic heterocycles. The summed E-state index contributed by atoms with van der Waals surface area (Å²) in [6, 6.07) is 7.79. The SMILES string of the molecule is CCNC(CC)c1ccc(OCCSC(F)(F)F)cc1. The highest BCUT2D eigenvalue weighted by Gasteiger charge is 2.27. The van der Waals surface area contributed by atoms with Crippen molar-refractivity contribution in [3.63, 3.8) is 0 Å². The Kier molecular flexibility index (Phi) is 7.23. The van der Waals surface area contributed by atoms with Crippen LogP contribution in [0.25, 0.3) is 0 Å². The number of thioether (sulfide) groups is 1. The summed E-state index contributed by atoms with van der Waals surface area (Å²) in [7, 11) is 0.